The number of benzene rings is 1. The lowest BCUT2D eigenvalue weighted by Crippen LogP contribution is -2.46. The van der Waals surface area contributed by atoms with Crippen LogP contribution >= 0.6 is 0 Å². The van der Waals surface area contributed by atoms with Crippen molar-refractivity contribution < 1.29 is 18.7 Å². The van der Waals surface area contributed by atoms with Gasteiger partial charge in [-0.25, -0.2) is 8.78 Å². The number of β-amino-alcohol motifs (C(OH)–C–C–N with tert-alkyl or cyclic N) is 1. The summed E-state index contributed by atoms with van der Waals surface area (Å²) in [6.45, 7) is 2.51. The number of carbonyl (C=O) groups is 1. The van der Waals surface area contributed by atoms with Crippen LogP contribution in [0, 0.1) is 17.6 Å². The Balaban J connectivity index is 2.19. The summed E-state index contributed by atoms with van der Waals surface area (Å²) in [4.78, 5) is 13.4. The lowest BCUT2D eigenvalue weighted by Gasteiger charge is -2.34. The van der Waals surface area contributed by atoms with Crippen molar-refractivity contribution in [2.45, 2.75) is 19.4 Å². The third-order valence-corrected chi connectivity index (χ3v) is 3.39. The SMILES string of the molecule is CC1CCN(C(=O)c2cccc(F)c2F)CC1O. The van der Waals surface area contributed by atoms with Crippen LogP contribution in [0.2, 0.25) is 0 Å². The Labute approximate surface area is 104 Å². The fraction of sp³-hybridized carbons (Fsp3) is 0.462. The summed E-state index contributed by atoms with van der Waals surface area (Å²) in [7, 11) is 0. The van der Waals surface area contributed by atoms with Gasteiger partial charge >= 0.3 is 0 Å². The van der Waals surface area contributed by atoms with Crippen LogP contribution in [0.5, 0.6) is 0 Å². The predicted molar refractivity (Wildman–Crippen MR) is 62.0 cm³/mol. The van der Waals surface area contributed by atoms with Gasteiger partial charge in [-0.2, -0.15) is 0 Å². The number of hydrogen-bond donors (Lipinski definition) is 1. The lowest BCUT2D eigenvalue weighted by atomic mass is 9.95. The normalized spacial score (nSPS) is 24.1. The molecule has 1 aromatic carbocycles. The highest BCUT2D eigenvalue weighted by molar-refractivity contribution is 5.94. The number of piperidine rings is 1. The maximum Gasteiger partial charge on any atom is 0.257 e. The van der Waals surface area contributed by atoms with Gasteiger partial charge in [-0.05, 0) is 24.5 Å². The van der Waals surface area contributed by atoms with Gasteiger partial charge in [0.15, 0.2) is 11.6 Å². The second-order valence-corrected chi connectivity index (χ2v) is 4.69. The Kier molecular flexibility index (Phi) is 3.61. The number of aliphatic hydroxyl groups excluding tert-OH is 1. The predicted octanol–water partition coefficient (Wildman–Crippen LogP) is 1.81. The number of halogens is 2. The Bertz CT molecular complexity index is 464. The van der Waals surface area contributed by atoms with E-state index in [0.717, 1.165) is 6.07 Å². The first-order valence-corrected chi connectivity index (χ1v) is 5.92. The first-order valence-electron chi connectivity index (χ1n) is 5.92. The molecule has 0 aliphatic carbocycles. The molecule has 2 rings (SSSR count). The van der Waals surface area contributed by atoms with Crippen LogP contribution in [-0.4, -0.2) is 35.1 Å². The summed E-state index contributed by atoms with van der Waals surface area (Å²) in [5.41, 5.74) is -0.281. The zero-order chi connectivity index (χ0) is 13.3. The van der Waals surface area contributed by atoms with Crippen molar-refractivity contribution in [3.63, 3.8) is 0 Å². The molecule has 1 aliphatic heterocycles. The minimum Gasteiger partial charge on any atom is -0.391 e. The summed E-state index contributed by atoms with van der Waals surface area (Å²) in [6, 6.07) is 3.53. The molecule has 5 heteroatoms. The Morgan fingerprint density at radius 3 is 2.83 bits per heavy atom. The number of hydrogen-bond acceptors (Lipinski definition) is 2. The average molecular weight is 255 g/mol. The minimum atomic E-state index is -1.13. The van der Waals surface area contributed by atoms with E-state index >= 15 is 0 Å². The van der Waals surface area contributed by atoms with Crippen molar-refractivity contribution in [1.82, 2.24) is 4.90 Å². The van der Waals surface area contributed by atoms with Crippen molar-refractivity contribution >= 4 is 5.91 Å². The highest BCUT2D eigenvalue weighted by Crippen LogP contribution is 2.20. The average Bonchev–Trinajstić information content (AvgIpc) is 2.35. The van der Waals surface area contributed by atoms with Gasteiger partial charge in [-0.1, -0.05) is 13.0 Å². The molecular formula is C13H15F2NO2. The third-order valence-electron chi connectivity index (χ3n) is 3.39. The van der Waals surface area contributed by atoms with Crippen LogP contribution in [-0.2, 0) is 0 Å². The van der Waals surface area contributed by atoms with Gasteiger partial charge in [0.05, 0.1) is 11.7 Å². The van der Waals surface area contributed by atoms with Crippen LogP contribution < -0.4 is 0 Å². The third kappa shape index (κ3) is 2.36. The molecule has 1 N–H and O–H groups in total. The topological polar surface area (TPSA) is 40.5 Å². The largest absolute Gasteiger partial charge is 0.391 e. The van der Waals surface area contributed by atoms with E-state index in [1.165, 1.54) is 17.0 Å². The highest BCUT2D eigenvalue weighted by Gasteiger charge is 2.29. The van der Waals surface area contributed by atoms with Gasteiger partial charge in [0.25, 0.3) is 5.91 Å². The van der Waals surface area contributed by atoms with Crippen molar-refractivity contribution in [2.75, 3.05) is 13.1 Å². The molecule has 1 saturated heterocycles. The fourth-order valence-corrected chi connectivity index (χ4v) is 2.07. The summed E-state index contributed by atoms with van der Waals surface area (Å²) < 4.78 is 26.5. The summed E-state index contributed by atoms with van der Waals surface area (Å²) in [5, 5.41) is 9.71. The van der Waals surface area contributed by atoms with Gasteiger partial charge in [-0.15, -0.1) is 0 Å². The van der Waals surface area contributed by atoms with Crippen molar-refractivity contribution in [2.24, 2.45) is 5.92 Å². The second kappa shape index (κ2) is 5.02. The minimum absolute atomic E-state index is 0.117. The molecule has 0 radical (unpaired) electrons. The fourth-order valence-electron chi connectivity index (χ4n) is 2.07. The number of likely N-dealkylation sites (tertiary alicyclic amines) is 1. The molecule has 2 unspecified atom stereocenters. The molecule has 0 spiro atoms. The molecular weight excluding hydrogens is 240 g/mol. The number of rotatable bonds is 1. The van der Waals surface area contributed by atoms with Gasteiger partial charge in [0, 0.05) is 13.1 Å². The van der Waals surface area contributed by atoms with E-state index in [4.69, 9.17) is 0 Å². The first-order chi connectivity index (χ1) is 8.50. The second-order valence-electron chi connectivity index (χ2n) is 4.69. The quantitative estimate of drug-likeness (QED) is 0.831. The van der Waals surface area contributed by atoms with E-state index in [0.29, 0.717) is 13.0 Å². The summed E-state index contributed by atoms with van der Waals surface area (Å²) in [5.74, 6) is -2.62. The molecule has 1 aliphatic rings. The molecule has 0 aromatic heterocycles. The van der Waals surface area contributed by atoms with E-state index in [1.54, 1.807) is 0 Å². The standard InChI is InChI=1S/C13H15F2NO2/c1-8-5-6-16(7-11(8)17)13(18)9-3-2-4-10(14)12(9)15/h2-4,8,11,17H,5-7H2,1H3. The molecule has 1 aromatic rings. The van der Waals surface area contributed by atoms with E-state index in [1.807, 2.05) is 6.92 Å². The zero-order valence-corrected chi connectivity index (χ0v) is 10.1. The monoisotopic (exact) mass is 255 g/mol. The maximum absolute atomic E-state index is 13.5. The lowest BCUT2D eigenvalue weighted by molar-refractivity contribution is 0.0245. The number of carbonyl (C=O) groups excluding carboxylic acids is 1. The molecule has 1 heterocycles. The number of amides is 1. The Hall–Kier alpha value is -1.49. The van der Waals surface area contributed by atoms with E-state index in [-0.39, 0.29) is 18.0 Å². The van der Waals surface area contributed by atoms with Crippen LogP contribution in [0.1, 0.15) is 23.7 Å². The molecule has 3 nitrogen and oxygen atoms in total. The number of nitrogens with zero attached hydrogens (tertiary/aromatic N) is 1. The summed E-state index contributed by atoms with van der Waals surface area (Å²) >= 11 is 0. The Morgan fingerprint density at radius 1 is 1.44 bits per heavy atom. The number of aliphatic hydroxyl groups is 1. The molecule has 2 atom stereocenters. The molecule has 18 heavy (non-hydrogen) atoms. The van der Waals surface area contributed by atoms with Gasteiger partial charge < -0.3 is 10.0 Å². The molecule has 0 saturated carbocycles. The zero-order valence-electron chi connectivity index (χ0n) is 10.1. The summed E-state index contributed by atoms with van der Waals surface area (Å²) in [6.07, 6.45) is 0.0448. The van der Waals surface area contributed by atoms with E-state index in [2.05, 4.69) is 0 Å². The molecule has 1 fully saturated rings. The van der Waals surface area contributed by atoms with Crippen molar-refractivity contribution in [3.05, 3.63) is 35.4 Å². The molecule has 1 amide bonds. The van der Waals surface area contributed by atoms with Crippen LogP contribution in [0.3, 0.4) is 0 Å². The van der Waals surface area contributed by atoms with E-state index in [9.17, 15) is 18.7 Å². The smallest absolute Gasteiger partial charge is 0.257 e. The van der Waals surface area contributed by atoms with E-state index < -0.39 is 23.6 Å². The molecule has 0 bridgehead atoms. The molecule has 98 valence electrons. The van der Waals surface area contributed by atoms with Gasteiger partial charge in [0.1, 0.15) is 0 Å². The van der Waals surface area contributed by atoms with Crippen LogP contribution in [0.15, 0.2) is 18.2 Å². The van der Waals surface area contributed by atoms with Crippen LogP contribution in [0.4, 0.5) is 8.78 Å². The van der Waals surface area contributed by atoms with Crippen molar-refractivity contribution in [3.8, 4) is 0 Å². The highest BCUT2D eigenvalue weighted by atomic mass is 19.2. The Morgan fingerprint density at radius 2 is 2.17 bits per heavy atom. The first kappa shape index (κ1) is 13.0. The van der Waals surface area contributed by atoms with Gasteiger partial charge in [0.2, 0.25) is 0 Å². The van der Waals surface area contributed by atoms with Crippen molar-refractivity contribution in [1.29, 1.82) is 0 Å². The maximum atomic E-state index is 13.5. The van der Waals surface area contributed by atoms with Crippen LogP contribution in [0.25, 0.3) is 0 Å². The van der Waals surface area contributed by atoms with Gasteiger partial charge in [-0.3, -0.25) is 4.79 Å².